The Labute approximate surface area is 129 Å². The summed E-state index contributed by atoms with van der Waals surface area (Å²) in [5, 5.41) is 0. The lowest BCUT2D eigenvalue weighted by Crippen LogP contribution is -2.15. The molecule has 0 radical (unpaired) electrons. The van der Waals surface area contributed by atoms with Crippen LogP contribution in [-0.2, 0) is 0 Å². The molecule has 1 aliphatic carbocycles. The van der Waals surface area contributed by atoms with Crippen LogP contribution < -0.4 is 5.73 Å². The number of benzene rings is 2. The van der Waals surface area contributed by atoms with E-state index in [2.05, 4.69) is 72.2 Å². The van der Waals surface area contributed by atoms with Crippen LogP contribution in [0.5, 0.6) is 0 Å². The van der Waals surface area contributed by atoms with Gasteiger partial charge in [0.05, 0.1) is 0 Å². The van der Waals surface area contributed by atoms with E-state index < -0.39 is 0 Å². The third-order valence-corrected chi connectivity index (χ3v) is 5.29. The summed E-state index contributed by atoms with van der Waals surface area (Å²) in [4.78, 5) is 0. The van der Waals surface area contributed by atoms with Crippen molar-refractivity contribution in [2.24, 2.45) is 11.7 Å². The second kappa shape index (κ2) is 5.34. The van der Waals surface area contributed by atoms with Crippen molar-refractivity contribution in [3.05, 3.63) is 69.2 Å². The van der Waals surface area contributed by atoms with Gasteiger partial charge in [0.1, 0.15) is 0 Å². The molecule has 2 heteroatoms. The van der Waals surface area contributed by atoms with E-state index in [1.807, 2.05) is 0 Å². The largest absolute Gasteiger partial charge is 0.324 e. The zero-order chi connectivity index (χ0) is 14.3. The average molecular weight is 330 g/mol. The van der Waals surface area contributed by atoms with Crippen molar-refractivity contribution in [2.45, 2.75) is 32.2 Å². The first-order valence-corrected chi connectivity index (χ1v) is 7.94. The van der Waals surface area contributed by atoms with Crippen LogP contribution in [0.25, 0.3) is 0 Å². The summed E-state index contributed by atoms with van der Waals surface area (Å²) in [5.74, 6) is 1.21. The van der Waals surface area contributed by atoms with E-state index >= 15 is 0 Å². The summed E-state index contributed by atoms with van der Waals surface area (Å²) in [6.45, 7) is 4.28. The minimum Gasteiger partial charge on any atom is -0.324 e. The number of hydrogen-bond acceptors (Lipinski definition) is 1. The van der Waals surface area contributed by atoms with Gasteiger partial charge in [-0.1, -0.05) is 52.3 Å². The van der Waals surface area contributed by atoms with Gasteiger partial charge in [0.15, 0.2) is 0 Å². The molecule has 0 heterocycles. The molecule has 20 heavy (non-hydrogen) atoms. The molecule has 1 fully saturated rings. The molecule has 2 aromatic rings. The molecule has 1 aliphatic rings. The smallest absolute Gasteiger partial charge is 0.0332 e. The zero-order valence-corrected chi connectivity index (χ0v) is 13.5. The molecule has 0 spiro atoms. The first-order chi connectivity index (χ1) is 9.58. The van der Waals surface area contributed by atoms with Crippen LogP contribution >= 0.6 is 15.9 Å². The van der Waals surface area contributed by atoms with Gasteiger partial charge in [0.25, 0.3) is 0 Å². The third-order valence-electron chi connectivity index (χ3n) is 4.44. The molecule has 0 aromatic heterocycles. The maximum atomic E-state index is 6.53. The molecular weight excluding hydrogens is 310 g/mol. The van der Waals surface area contributed by atoms with Crippen LogP contribution in [0.1, 0.15) is 40.6 Å². The SMILES string of the molecule is Cc1cc(C(N)C2CC2c2ccccc2)c(C)cc1Br. The van der Waals surface area contributed by atoms with Gasteiger partial charge in [-0.3, -0.25) is 0 Å². The molecule has 2 N–H and O–H groups in total. The monoisotopic (exact) mass is 329 g/mol. The van der Waals surface area contributed by atoms with E-state index in [4.69, 9.17) is 5.73 Å². The minimum atomic E-state index is 0.145. The fourth-order valence-electron chi connectivity index (χ4n) is 3.09. The normalized spacial score (nSPS) is 22.6. The van der Waals surface area contributed by atoms with Gasteiger partial charge in [-0.05, 0) is 60.4 Å². The zero-order valence-electron chi connectivity index (χ0n) is 11.9. The van der Waals surface area contributed by atoms with Crippen LogP contribution in [0.15, 0.2) is 46.9 Å². The number of hydrogen-bond donors (Lipinski definition) is 1. The maximum absolute atomic E-state index is 6.53. The molecule has 3 rings (SSSR count). The van der Waals surface area contributed by atoms with E-state index in [9.17, 15) is 0 Å². The lowest BCUT2D eigenvalue weighted by Gasteiger charge is -2.17. The van der Waals surface area contributed by atoms with Crippen LogP contribution in [-0.4, -0.2) is 0 Å². The average Bonchev–Trinajstić information content (AvgIpc) is 3.23. The predicted molar refractivity (Wildman–Crippen MR) is 87.8 cm³/mol. The Morgan fingerprint density at radius 1 is 1.10 bits per heavy atom. The van der Waals surface area contributed by atoms with E-state index in [1.54, 1.807) is 0 Å². The molecule has 0 saturated heterocycles. The van der Waals surface area contributed by atoms with Gasteiger partial charge in [0.2, 0.25) is 0 Å². The lowest BCUT2D eigenvalue weighted by atomic mass is 9.94. The molecule has 2 aromatic carbocycles. The van der Waals surface area contributed by atoms with Gasteiger partial charge < -0.3 is 5.73 Å². The highest BCUT2D eigenvalue weighted by molar-refractivity contribution is 9.10. The second-order valence-corrected chi connectivity index (χ2v) is 6.75. The number of halogens is 1. The molecule has 104 valence electrons. The van der Waals surface area contributed by atoms with Gasteiger partial charge in [-0.15, -0.1) is 0 Å². The Bertz CT molecular complexity index is 621. The lowest BCUT2D eigenvalue weighted by molar-refractivity contribution is 0.612. The standard InChI is InChI=1S/C18H20BrN/c1-11-9-17(19)12(2)8-14(11)18(20)16-10-15(16)13-6-4-3-5-7-13/h3-9,15-16,18H,10,20H2,1-2H3. The van der Waals surface area contributed by atoms with Gasteiger partial charge in [-0.25, -0.2) is 0 Å². The van der Waals surface area contributed by atoms with Crippen LogP contribution in [0, 0.1) is 19.8 Å². The van der Waals surface area contributed by atoms with E-state index in [0.29, 0.717) is 11.8 Å². The van der Waals surface area contributed by atoms with Crippen LogP contribution in [0.3, 0.4) is 0 Å². The predicted octanol–water partition coefficient (Wildman–Crippen LogP) is 4.87. The summed E-state index contributed by atoms with van der Waals surface area (Å²) in [6.07, 6.45) is 1.21. The van der Waals surface area contributed by atoms with Gasteiger partial charge >= 0.3 is 0 Å². The second-order valence-electron chi connectivity index (χ2n) is 5.90. The van der Waals surface area contributed by atoms with E-state index in [0.717, 1.165) is 0 Å². The van der Waals surface area contributed by atoms with Gasteiger partial charge in [-0.2, -0.15) is 0 Å². The summed E-state index contributed by atoms with van der Waals surface area (Å²) < 4.78 is 1.17. The fourth-order valence-corrected chi connectivity index (χ4v) is 3.55. The van der Waals surface area contributed by atoms with Crippen LogP contribution in [0.4, 0.5) is 0 Å². The van der Waals surface area contributed by atoms with Crippen molar-refractivity contribution in [2.75, 3.05) is 0 Å². The number of nitrogens with two attached hydrogens (primary N) is 1. The van der Waals surface area contributed by atoms with Crippen molar-refractivity contribution in [1.82, 2.24) is 0 Å². The molecule has 1 nitrogen and oxygen atoms in total. The Morgan fingerprint density at radius 2 is 1.80 bits per heavy atom. The molecule has 1 saturated carbocycles. The van der Waals surface area contributed by atoms with Crippen molar-refractivity contribution in [3.8, 4) is 0 Å². The number of rotatable bonds is 3. The Balaban J connectivity index is 1.82. The summed E-state index contributed by atoms with van der Waals surface area (Å²) in [7, 11) is 0. The highest BCUT2D eigenvalue weighted by Crippen LogP contribution is 2.53. The summed E-state index contributed by atoms with van der Waals surface area (Å²) in [6, 6.07) is 15.3. The van der Waals surface area contributed by atoms with Crippen LogP contribution in [0.2, 0.25) is 0 Å². The summed E-state index contributed by atoms with van der Waals surface area (Å²) in [5.41, 5.74) is 11.8. The highest BCUT2D eigenvalue weighted by atomic mass is 79.9. The van der Waals surface area contributed by atoms with Crippen molar-refractivity contribution in [1.29, 1.82) is 0 Å². The Hall–Kier alpha value is -1.12. The van der Waals surface area contributed by atoms with Crippen molar-refractivity contribution in [3.63, 3.8) is 0 Å². The minimum absolute atomic E-state index is 0.145. The van der Waals surface area contributed by atoms with Gasteiger partial charge in [0, 0.05) is 10.5 Å². The third kappa shape index (κ3) is 2.55. The summed E-state index contributed by atoms with van der Waals surface area (Å²) >= 11 is 3.59. The first-order valence-electron chi connectivity index (χ1n) is 7.15. The topological polar surface area (TPSA) is 26.0 Å². The quantitative estimate of drug-likeness (QED) is 0.854. The fraction of sp³-hybridized carbons (Fsp3) is 0.333. The van der Waals surface area contributed by atoms with E-state index in [1.165, 1.54) is 33.1 Å². The van der Waals surface area contributed by atoms with Crippen molar-refractivity contribution >= 4 is 15.9 Å². The number of aryl methyl sites for hydroxylation is 2. The molecule has 3 unspecified atom stereocenters. The first kappa shape index (κ1) is 13.8. The molecule has 0 aliphatic heterocycles. The van der Waals surface area contributed by atoms with Crippen molar-refractivity contribution < 1.29 is 0 Å². The molecular formula is C18H20BrN. The van der Waals surface area contributed by atoms with E-state index in [-0.39, 0.29) is 6.04 Å². The molecule has 3 atom stereocenters. The Kier molecular flexibility index (Phi) is 3.70. The molecule has 0 bridgehead atoms. The highest BCUT2D eigenvalue weighted by Gasteiger charge is 2.43. The Morgan fingerprint density at radius 3 is 2.50 bits per heavy atom. The maximum Gasteiger partial charge on any atom is 0.0332 e. The molecule has 0 amide bonds.